The molecule has 0 aromatic heterocycles. The number of carbonyl (C=O) groups is 3. The van der Waals surface area contributed by atoms with Gasteiger partial charge in [-0.15, -0.1) is 0 Å². The van der Waals surface area contributed by atoms with Crippen molar-refractivity contribution in [2.24, 2.45) is 5.92 Å². The molecule has 1 saturated heterocycles. The number of hydrogen-bond donors (Lipinski definition) is 1. The molecule has 2 fully saturated rings. The van der Waals surface area contributed by atoms with E-state index in [0.717, 1.165) is 24.9 Å². The van der Waals surface area contributed by atoms with Gasteiger partial charge in [0.15, 0.2) is 0 Å². The molecule has 2 aromatic rings. The van der Waals surface area contributed by atoms with Gasteiger partial charge in [0.25, 0.3) is 5.91 Å². The maximum Gasteiger partial charge on any atom is 0.312 e. The molecule has 2 aliphatic rings. The standard InChI is InChI=1S/C24H26N2O4/c1-2-16-8-12-20(13-9-16)26-15-18(14-21(26)27)24(29)30-22(17-6-4-3-5-7-17)23(28)25-19-10-11-19/h3-9,12-13,18-19,22H,2,10-11,14-15H2,1H3,(H,25,28). The summed E-state index contributed by atoms with van der Waals surface area (Å²) in [5.74, 6) is -1.53. The van der Waals surface area contributed by atoms with E-state index in [2.05, 4.69) is 12.2 Å². The second kappa shape index (κ2) is 8.69. The molecule has 0 bridgehead atoms. The number of aryl methyl sites for hydroxylation is 1. The molecule has 2 unspecified atom stereocenters. The maximum atomic E-state index is 12.9. The van der Waals surface area contributed by atoms with E-state index >= 15 is 0 Å². The Morgan fingerprint density at radius 3 is 2.43 bits per heavy atom. The Hall–Kier alpha value is -3.15. The molecular weight excluding hydrogens is 380 g/mol. The van der Waals surface area contributed by atoms with Crippen LogP contribution >= 0.6 is 0 Å². The fourth-order valence-corrected chi connectivity index (χ4v) is 3.64. The smallest absolute Gasteiger partial charge is 0.312 e. The van der Waals surface area contributed by atoms with Gasteiger partial charge >= 0.3 is 5.97 Å². The Morgan fingerprint density at radius 1 is 1.10 bits per heavy atom. The number of rotatable bonds is 7. The fraction of sp³-hybridized carbons (Fsp3) is 0.375. The van der Waals surface area contributed by atoms with E-state index in [1.54, 1.807) is 29.2 Å². The number of carbonyl (C=O) groups excluding carboxylic acids is 3. The Morgan fingerprint density at radius 2 is 1.80 bits per heavy atom. The summed E-state index contributed by atoms with van der Waals surface area (Å²) in [6, 6.07) is 16.9. The Bertz CT molecular complexity index is 922. The van der Waals surface area contributed by atoms with Crippen molar-refractivity contribution in [2.45, 2.75) is 44.8 Å². The summed E-state index contributed by atoms with van der Waals surface area (Å²) in [5, 5.41) is 2.91. The second-order valence-electron chi connectivity index (χ2n) is 7.94. The minimum Gasteiger partial charge on any atom is -0.447 e. The van der Waals surface area contributed by atoms with Crippen LogP contribution in [0.5, 0.6) is 0 Å². The number of hydrogen-bond acceptors (Lipinski definition) is 4. The number of nitrogens with one attached hydrogen (secondary N) is 1. The highest BCUT2D eigenvalue weighted by atomic mass is 16.5. The molecule has 1 heterocycles. The van der Waals surface area contributed by atoms with Crippen molar-refractivity contribution in [2.75, 3.05) is 11.4 Å². The van der Waals surface area contributed by atoms with Gasteiger partial charge in [-0.05, 0) is 37.0 Å². The molecular formula is C24H26N2O4. The lowest BCUT2D eigenvalue weighted by Gasteiger charge is -2.20. The van der Waals surface area contributed by atoms with Crippen molar-refractivity contribution < 1.29 is 19.1 Å². The van der Waals surface area contributed by atoms with Crippen LogP contribution in [0, 0.1) is 5.92 Å². The van der Waals surface area contributed by atoms with Crippen molar-refractivity contribution in [3.8, 4) is 0 Å². The minimum absolute atomic E-state index is 0.0834. The molecule has 156 valence electrons. The van der Waals surface area contributed by atoms with Crippen LogP contribution in [-0.4, -0.2) is 30.4 Å². The molecule has 6 nitrogen and oxygen atoms in total. The Balaban J connectivity index is 1.45. The van der Waals surface area contributed by atoms with Crippen molar-refractivity contribution in [1.29, 1.82) is 0 Å². The summed E-state index contributed by atoms with van der Waals surface area (Å²) in [6.45, 7) is 2.33. The molecule has 1 N–H and O–H groups in total. The Kier molecular flexibility index (Phi) is 5.84. The summed E-state index contributed by atoms with van der Waals surface area (Å²) in [7, 11) is 0. The van der Waals surface area contributed by atoms with Crippen LogP contribution in [0.15, 0.2) is 54.6 Å². The van der Waals surface area contributed by atoms with E-state index < -0.39 is 18.0 Å². The van der Waals surface area contributed by atoms with Gasteiger partial charge in [-0.3, -0.25) is 14.4 Å². The van der Waals surface area contributed by atoms with E-state index in [9.17, 15) is 14.4 Å². The number of amides is 2. The fourth-order valence-electron chi connectivity index (χ4n) is 3.64. The molecule has 1 aliphatic carbocycles. The summed E-state index contributed by atoms with van der Waals surface area (Å²) >= 11 is 0. The number of ether oxygens (including phenoxy) is 1. The molecule has 4 rings (SSSR count). The van der Waals surface area contributed by atoms with Crippen LogP contribution in [0.4, 0.5) is 5.69 Å². The van der Waals surface area contributed by atoms with Crippen LogP contribution in [0.3, 0.4) is 0 Å². The highest BCUT2D eigenvalue weighted by molar-refractivity contribution is 5.99. The van der Waals surface area contributed by atoms with Crippen molar-refractivity contribution in [3.05, 3.63) is 65.7 Å². The number of esters is 1. The zero-order valence-electron chi connectivity index (χ0n) is 17.0. The molecule has 0 radical (unpaired) electrons. The summed E-state index contributed by atoms with van der Waals surface area (Å²) in [5.41, 5.74) is 2.59. The van der Waals surface area contributed by atoms with Crippen LogP contribution < -0.4 is 10.2 Å². The average Bonchev–Trinajstić information content (AvgIpc) is 3.50. The average molecular weight is 406 g/mol. The van der Waals surface area contributed by atoms with Crippen LogP contribution in [-0.2, 0) is 25.5 Å². The predicted octanol–water partition coefficient (Wildman–Crippen LogP) is 3.17. The van der Waals surface area contributed by atoms with Gasteiger partial charge in [0.2, 0.25) is 12.0 Å². The Labute approximate surface area is 176 Å². The molecule has 0 spiro atoms. The summed E-state index contributed by atoms with van der Waals surface area (Å²) in [6.07, 6.45) is 1.90. The monoisotopic (exact) mass is 406 g/mol. The van der Waals surface area contributed by atoms with E-state index in [4.69, 9.17) is 4.74 Å². The zero-order valence-corrected chi connectivity index (χ0v) is 17.0. The highest BCUT2D eigenvalue weighted by Crippen LogP contribution is 2.29. The molecule has 2 atom stereocenters. The van der Waals surface area contributed by atoms with Crippen LogP contribution in [0.1, 0.15) is 43.4 Å². The maximum absolute atomic E-state index is 12.9. The van der Waals surface area contributed by atoms with Crippen LogP contribution in [0.2, 0.25) is 0 Å². The number of anilines is 1. The van der Waals surface area contributed by atoms with Crippen molar-refractivity contribution in [3.63, 3.8) is 0 Å². The molecule has 2 amide bonds. The van der Waals surface area contributed by atoms with E-state index in [-0.39, 0.29) is 30.8 Å². The third-order valence-electron chi connectivity index (χ3n) is 5.61. The van der Waals surface area contributed by atoms with Gasteiger partial charge < -0.3 is 15.0 Å². The molecule has 1 aliphatic heterocycles. The molecule has 6 heteroatoms. The largest absolute Gasteiger partial charge is 0.447 e. The predicted molar refractivity (Wildman–Crippen MR) is 113 cm³/mol. The SMILES string of the molecule is CCc1ccc(N2CC(C(=O)OC(C(=O)NC3CC3)c3ccccc3)CC2=O)cc1. The first kappa shape index (κ1) is 20.1. The lowest BCUT2D eigenvalue weighted by molar-refractivity contribution is -0.160. The first-order valence-electron chi connectivity index (χ1n) is 10.5. The normalized spacial score (nSPS) is 19.4. The van der Waals surface area contributed by atoms with Gasteiger partial charge in [-0.25, -0.2) is 0 Å². The van der Waals surface area contributed by atoms with Crippen LogP contribution in [0.25, 0.3) is 0 Å². The van der Waals surface area contributed by atoms with Crippen molar-refractivity contribution in [1.82, 2.24) is 5.32 Å². The molecule has 30 heavy (non-hydrogen) atoms. The van der Waals surface area contributed by atoms with Gasteiger partial charge in [0, 0.05) is 30.3 Å². The van der Waals surface area contributed by atoms with E-state index in [0.29, 0.717) is 5.56 Å². The third-order valence-corrected chi connectivity index (χ3v) is 5.61. The quantitative estimate of drug-likeness (QED) is 0.717. The summed E-state index contributed by atoms with van der Waals surface area (Å²) in [4.78, 5) is 39.7. The lowest BCUT2D eigenvalue weighted by Crippen LogP contribution is -2.35. The minimum atomic E-state index is -1.01. The third kappa shape index (κ3) is 4.53. The molecule has 2 aromatic carbocycles. The highest BCUT2D eigenvalue weighted by Gasteiger charge is 2.39. The van der Waals surface area contributed by atoms with E-state index in [1.165, 1.54) is 5.56 Å². The zero-order chi connectivity index (χ0) is 21.1. The van der Waals surface area contributed by atoms with Gasteiger partial charge in [0.1, 0.15) is 0 Å². The second-order valence-corrected chi connectivity index (χ2v) is 7.94. The van der Waals surface area contributed by atoms with Gasteiger partial charge in [-0.1, -0.05) is 49.4 Å². The lowest BCUT2D eigenvalue weighted by atomic mass is 10.1. The first-order chi connectivity index (χ1) is 14.5. The van der Waals surface area contributed by atoms with Gasteiger partial charge in [-0.2, -0.15) is 0 Å². The number of benzene rings is 2. The van der Waals surface area contributed by atoms with Gasteiger partial charge in [0.05, 0.1) is 5.92 Å². The summed E-state index contributed by atoms with van der Waals surface area (Å²) < 4.78 is 5.65. The van der Waals surface area contributed by atoms with Crippen molar-refractivity contribution >= 4 is 23.5 Å². The topological polar surface area (TPSA) is 75.7 Å². The molecule has 1 saturated carbocycles. The first-order valence-corrected chi connectivity index (χ1v) is 10.5. The number of nitrogens with zero attached hydrogens (tertiary/aromatic N) is 1. The van der Waals surface area contributed by atoms with E-state index in [1.807, 2.05) is 30.3 Å².